The molecule has 0 saturated heterocycles. The van der Waals surface area contributed by atoms with Gasteiger partial charge in [-0.15, -0.1) is 0 Å². The molecule has 25 heavy (non-hydrogen) atoms. The molecule has 0 N–H and O–H groups in total. The predicted molar refractivity (Wildman–Crippen MR) is 90.8 cm³/mol. The maximum Gasteiger partial charge on any atom is 0.341 e. The number of benzene rings is 1. The number of esters is 1. The monoisotopic (exact) mass is 343 g/mol. The molecule has 0 aliphatic carbocycles. The maximum atomic E-state index is 13.8. The van der Waals surface area contributed by atoms with Crippen LogP contribution in [0.3, 0.4) is 0 Å². The molecule has 2 heterocycles. The van der Waals surface area contributed by atoms with E-state index in [4.69, 9.17) is 4.74 Å². The topological polar surface area (TPSA) is 73.1 Å². The van der Waals surface area contributed by atoms with Gasteiger partial charge in [-0.25, -0.2) is 14.2 Å². The molecule has 1 aromatic carbocycles. The molecule has 3 rings (SSSR count). The normalized spacial score (nSPS) is 10.9. The molecule has 0 aliphatic heterocycles. The molecule has 0 unspecified atom stereocenters. The van der Waals surface area contributed by atoms with Crippen molar-refractivity contribution < 1.29 is 13.9 Å². The molecule has 0 radical (unpaired) electrons. The van der Waals surface area contributed by atoms with Crippen LogP contribution in [0.2, 0.25) is 0 Å². The summed E-state index contributed by atoms with van der Waals surface area (Å²) in [5.74, 6) is -0.191. The van der Waals surface area contributed by atoms with Gasteiger partial charge in [0.25, 0.3) is 0 Å². The molecule has 2 aromatic heterocycles. The van der Waals surface area contributed by atoms with E-state index < -0.39 is 11.8 Å². The van der Waals surface area contributed by atoms with E-state index in [1.165, 1.54) is 24.7 Å². The Morgan fingerprint density at radius 1 is 1.36 bits per heavy atom. The summed E-state index contributed by atoms with van der Waals surface area (Å²) in [7, 11) is 3.59. The van der Waals surface area contributed by atoms with E-state index in [1.54, 1.807) is 31.8 Å². The number of carbonyl (C=O) groups is 1. The number of hydrogen-bond donors (Lipinski definition) is 0. The number of carbonyl (C=O) groups excluding carboxylic acids is 1. The van der Waals surface area contributed by atoms with Crippen LogP contribution >= 0.6 is 0 Å². The fourth-order valence-corrected chi connectivity index (χ4v) is 2.67. The standard InChI is InChI=1S/C17H18FN5O2/c1-4-25-17(24)13-8-19-14-6-5-11(18)7-12(14)16(13)22(2)9-15-20-10-21-23(15)3/h5-8,10H,4,9H2,1-3H3. The highest BCUT2D eigenvalue weighted by Gasteiger charge is 2.21. The minimum Gasteiger partial charge on any atom is -0.462 e. The first-order chi connectivity index (χ1) is 12.0. The zero-order valence-electron chi connectivity index (χ0n) is 14.2. The first-order valence-electron chi connectivity index (χ1n) is 7.80. The van der Waals surface area contributed by atoms with Crippen molar-refractivity contribution in [2.75, 3.05) is 18.6 Å². The molecular formula is C17H18FN5O2. The molecule has 3 aromatic rings. The lowest BCUT2D eigenvalue weighted by atomic mass is 10.1. The molecule has 0 spiro atoms. The second-order valence-corrected chi connectivity index (χ2v) is 5.56. The van der Waals surface area contributed by atoms with E-state index in [-0.39, 0.29) is 12.2 Å². The highest BCUT2D eigenvalue weighted by atomic mass is 19.1. The highest BCUT2D eigenvalue weighted by Crippen LogP contribution is 2.31. The summed E-state index contributed by atoms with van der Waals surface area (Å²) >= 11 is 0. The Morgan fingerprint density at radius 2 is 2.16 bits per heavy atom. The van der Waals surface area contributed by atoms with Gasteiger partial charge in [-0.2, -0.15) is 5.10 Å². The lowest BCUT2D eigenvalue weighted by Crippen LogP contribution is -2.23. The summed E-state index contributed by atoms with van der Waals surface area (Å²) in [4.78, 5) is 22.6. The smallest absolute Gasteiger partial charge is 0.341 e. The molecule has 130 valence electrons. The Bertz CT molecular complexity index is 925. The number of pyridine rings is 1. The van der Waals surface area contributed by atoms with Crippen molar-refractivity contribution in [3.05, 3.63) is 47.9 Å². The summed E-state index contributed by atoms with van der Waals surface area (Å²) in [5, 5.41) is 4.58. The minimum absolute atomic E-state index is 0.243. The molecule has 0 bridgehead atoms. The zero-order valence-corrected chi connectivity index (χ0v) is 14.2. The predicted octanol–water partition coefficient (Wildman–Crippen LogP) is 2.32. The van der Waals surface area contributed by atoms with Crippen LogP contribution in [0.25, 0.3) is 10.9 Å². The van der Waals surface area contributed by atoms with Gasteiger partial charge in [0.1, 0.15) is 23.5 Å². The Hall–Kier alpha value is -3.03. The number of anilines is 1. The molecule has 0 aliphatic rings. The SMILES string of the molecule is CCOC(=O)c1cnc2ccc(F)cc2c1N(C)Cc1ncnn1C. The zero-order chi connectivity index (χ0) is 18.0. The Morgan fingerprint density at radius 3 is 2.84 bits per heavy atom. The van der Waals surface area contributed by atoms with Crippen LogP contribution in [-0.2, 0) is 18.3 Å². The van der Waals surface area contributed by atoms with Gasteiger partial charge in [0.05, 0.1) is 24.4 Å². The van der Waals surface area contributed by atoms with E-state index >= 15 is 0 Å². The van der Waals surface area contributed by atoms with Crippen molar-refractivity contribution in [2.45, 2.75) is 13.5 Å². The number of fused-ring (bicyclic) bond motifs is 1. The molecule has 0 atom stereocenters. The second kappa shape index (κ2) is 6.84. The number of rotatable bonds is 5. The van der Waals surface area contributed by atoms with Crippen LogP contribution in [0.1, 0.15) is 23.1 Å². The van der Waals surface area contributed by atoms with Crippen LogP contribution < -0.4 is 4.90 Å². The van der Waals surface area contributed by atoms with Crippen molar-refractivity contribution >= 4 is 22.6 Å². The Labute approximate surface area is 144 Å². The number of aryl methyl sites for hydroxylation is 1. The lowest BCUT2D eigenvalue weighted by molar-refractivity contribution is 0.0527. The quantitative estimate of drug-likeness (QED) is 0.662. The summed E-state index contributed by atoms with van der Waals surface area (Å²) in [6.45, 7) is 2.36. The Balaban J connectivity index is 2.14. The summed E-state index contributed by atoms with van der Waals surface area (Å²) in [5.41, 5.74) is 1.42. The van der Waals surface area contributed by atoms with E-state index in [0.29, 0.717) is 29.0 Å². The van der Waals surface area contributed by atoms with Crippen molar-refractivity contribution in [3.8, 4) is 0 Å². The molecule has 0 saturated carbocycles. The van der Waals surface area contributed by atoms with Crippen LogP contribution in [0.4, 0.5) is 10.1 Å². The summed E-state index contributed by atoms with van der Waals surface area (Å²) < 4.78 is 20.6. The van der Waals surface area contributed by atoms with Gasteiger partial charge in [-0.05, 0) is 25.1 Å². The molecular weight excluding hydrogens is 325 g/mol. The van der Waals surface area contributed by atoms with Crippen molar-refractivity contribution in [1.82, 2.24) is 19.7 Å². The van der Waals surface area contributed by atoms with Gasteiger partial charge >= 0.3 is 5.97 Å². The number of nitrogens with zero attached hydrogens (tertiary/aromatic N) is 5. The van der Waals surface area contributed by atoms with Crippen LogP contribution in [0, 0.1) is 5.82 Å². The first kappa shape index (κ1) is 16.8. The van der Waals surface area contributed by atoms with Gasteiger partial charge in [0.15, 0.2) is 0 Å². The third-order valence-corrected chi connectivity index (χ3v) is 3.86. The van der Waals surface area contributed by atoms with Crippen LogP contribution in [0.5, 0.6) is 0 Å². The summed E-state index contributed by atoms with van der Waals surface area (Å²) in [6, 6.07) is 4.29. The number of hydrogen-bond acceptors (Lipinski definition) is 6. The number of halogens is 1. The third kappa shape index (κ3) is 3.28. The Kier molecular flexibility index (Phi) is 4.60. The average Bonchev–Trinajstić information content (AvgIpc) is 2.98. The van der Waals surface area contributed by atoms with E-state index in [0.717, 1.165) is 0 Å². The molecule has 7 nitrogen and oxygen atoms in total. The molecule has 0 amide bonds. The maximum absolute atomic E-state index is 13.8. The molecule has 8 heteroatoms. The average molecular weight is 343 g/mol. The first-order valence-corrected chi connectivity index (χ1v) is 7.80. The van der Waals surface area contributed by atoms with E-state index in [2.05, 4.69) is 15.1 Å². The van der Waals surface area contributed by atoms with Gasteiger partial charge < -0.3 is 9.64 Å². The fourth-order valence-electron chi connectivity index (χ4n) is 2.67. The van der Waals surface area contributed by atoms with Crippen LogP contribution in [-0.4, -0.2) is 39.4 Å². The van der Waals surface area contributed by atoms with E-state index in [9.17, 15) is 9.18 Å². The fraction of sp³-hybridized carbons (Fsp3) is 0.294. The molecule has 0 fully saturated rings. The van der Waals surface area contributed by atoms with Crippen molar-refractivity contribution in [3.63, 3.8) is 0 Å². The second-order valence-electron chi connectivity index (χ2n) is 5.56. The van der Waals surface area contributed by atoms with Gasteiger partial charge in [0, 0.05) is 25.7 Å². The van der Waals surface area contributed by atoms with Gasteiger partial charge in [-0.1, -0.05) is 0 Å². The van der Waals surface area contributed by atoms with E-state index in [1.807, 2.05) is 4.90 Å². The van der Waals surface area contributed by atoms with Gasteiger partial charge in [0.2, 0.25) is 0 Å². The van der Waals surface area contributed by atoms with Gasteiger partial charge in [-0.3, -0.25) is 9.67 Å². The third-order valence-electron chi connectivity index (χ3n) is 3.86. The van der Waals surface area contributed by atoms with Crippen molar-refractivity contribution in [1.29, 1.82) is 0 Å². The lowest BCUT2D eigenvalue weighted by Gasteiger charge is -2.23. The minimum atomic E-state index is -0.499. The van der Waals surface area contributed by atoms with Crippen LogP contribution in [0.15, 0.2) is 30.7 Å². The number of aromatic nitrogens is 4. The number of ether oxygens (including phenoxy) is 1. The largest absolute Gasteiger partial charge is 0.462 e. The highest BCUT2D eigenvalue weighted by molar-refractivity contribution is 6.05. The summed E-state index contributed by atoms with van der Waals surface area (Å²) in [6.07, 6.45) is 2.92. The van der Waals surface area contributed by atoms with Crippen molar-refractivity contribution in [2.24, 2.45) is 7.05 Å².